The number of esters is 1. The molecule has 0 aliphatic rings. The Morgan fingerprint density at radius 3 is 2.22 bits per heavy atom. The van der Waals surface area contributed by atoms with E-state index in [1.807, 2.05) is 0 Å². The van der Waals surface area contributed by atoms with Gasteiger partial charge in [0.1, 0.15) is 0 Å². The average molecular weight is 467 g/mol. The first-order valence-corrected chi connectivity index (χ1v) is 9.81. The minimum atomic E-state index is -1.10. The van der Waals surface area contributed by atoms with Crippen molar-refractivity contribution < 1.29 is 33.5 Å². The van der Waals surface area contributed by atoms with Crippen LogP contribution in [0.15, 0.2) is 30.3 Å². The zero-order valence-corrected chi connectivity index (χ0v) is 18.7. The second-order valence-electron chi connectivity index (χ2n) is 6.58. The number of carbonyl (C=O) groups is 2. The molecule has 0 saturated heterocycles. The van der Waals surface area contributed by atoms with Crippen LogP contribution in [0, 0.1) is 10.1 Å². The lowest BCUT2D eigenvalue weighted by molar-refractivity contribution is -0.384. The van der Waals surface area contributed by atoms with Gasteiger partial charge in [0.2, 0.25) is 5.75 Å². The summed E-state index contributed by atoms with van der Waals surface area (Å²) in [7, 11) is 4.48. The number of nitro benzene ring substituents is 1. The summed E-state index contributed by atoms with van der Waals surface area (Å²) < 4.78 is 21.0. The molecule has 0 aliphatic carbocycles. The third-order valence-corrected chi connectivity index (χ3v) is 4.75. The van der Waals surface area contributed by atoms with Gasteiger partial charge in [-0.1, -0.05) is 11.6 Å². The van der Waals surface area contributed by atoms with E-state index >= 15 is 0 Å². The van der Waals surface area contributed by atoms with Crippen molar-refractivity contribution in [1.82, 2.24) is 0 Å². The van der Waals surface area contributed by atoms with E-state index in [1.54, 1.807) is 12.1 Å². The maximum Gasteiger partial charge on any atom is 0.306 e. The van der Waals surface area contributed by atoms with E-state index in [4.69, 9.17) is 30.5 Å². The zero-order valence-electron chi connectivity index (χ0n) is 18.0. The molecule has 2 aromatic carbocycles. The van der Waals surface area contributed by atoms with Gasteiger partial charge >= 0.3 is 5.97 Å². The predicted octanol–water partition coefficient (Wildman–Crippen LogP) is 3.78. The van der Waals surface area contributed by atoms with Crippen LogP contribution in [0.25, 0.3) is 0 Å². The number of aryl methyl sites for hydroxylation is 1. The summed E-state index contributed by atoms with van der Waals surface area (Å²) in [5.41, 5.74) is 0.716. The molecule has 0 heterocycles. The number of nitro groups is 1. The molecule has 2 rings (SSSR count). The van der Waals surface area contributed by atoms with Crippen LogP contribution in [-0.2, 0) is 20.7 Å². The molecule has 10 nitrogen and oxygen atoms in total. The number of amides is 1. The first-order valence-electron chi connectivity index (χ1n) is 9.43. The molecule has 0 fully saturated rings. The van der Waals surface area contributed by atoms with Gasteiger partial charge in [0.15, 0.2) is 17.6 Å². The van der Waals surface area contributed by atoms with Crippen molar-refractivity contribution in [3.63, 3.8) is 0 Å². The Morgan fingerprint density at radius 1 is 1.09 bits per heavy atom. The normalized spacial score (nSPS) is 11.3. The van der Waals surface area contributed by atoms with Crippen LogP contribution in [0.5, 0.6) is 17.2 Å². The third-order valence-electron chi connectivity index (χ3n) is 4.44. The zero-order chi connectivity index (χ0) is 23.8. The van der Waals surface area contributed by atoms with Crippen molar-refractivity contribution in [3.05, 3.63) is 51.0 Å². The summed E-state index contributed by atoms with van der Waals surface area (Å²) >= 11 is 5.96. The van der Waals surface area contributed by atoms with Gasteiger partial charge in [-0.05, 0) is 37.1 Å². The molecule has 1 atom stereocenters. The van der Waals surface area contributed by atoms with Crippen molar-refractivity contribution in [1.29, 1.82) is 0 Å². The van der Waals surface area contributed by atoms with E-state index < -0.39 is 22.9 Å². The Bertz CT molecular complexity index is 986. The number of hydrogen-bond acceptors (Lipinski definition) is 8. The predicted molar refractivity (Wildman–Crippen MR) is 117 cm³/mol. The molecule has 1 N–H and O–H groups in total. The lowest BCUT2D eigenvalue weighted by Crippen LogP contribution is -2.30. The van der Waals surface area contributed by atoms with E-state index in [-0.39, 0.29) is 22.8 Å². The Kier molecular flexibility index (Phi) is 8.65. The molecule has 11 heteroatoms. The molecular formula is C21H23ClN2O8. The number of hydrogen-bond donors (Lipinski definition) is 1. The summed E-state index contributed by atoms with van der Waals surface area (Å²) in [6.07, 6.45) is -0.777. The van der Waals surface area contributed by atoms with Crippen LogP contribution >= 0.6 is 11.6 Å². The van der Waals surface area contributed by atoms with Crippen molar-refractivity contribution in [2.24, 2.45) is 0 Å². The van der Waals surface area contributed by atoms with Gasteiger partial charge in [-0.15, -0.1) is 0 Å². The summed E-state index contributed by atoms with van der Waals surface area (Å²) in [5, 5.41) is 13.2. The molecule has 0 spiro atoms. The maximum atomic E-state index is 12.3. The minimum Gasteiger partial charge on any atom is -0.493 e. The van der Waals surface area contributed by atoms with Gasteiger partial charge in [-0.25, -0.2) is 0 Å². The largest absolute Gasteiger partial charge is 0.493 e. The number of rotatable bonds is 10. The Hall–Kier alpha value is -3.53. The third kappa shape index (κ3) is 6.24. The summed E-state index contributed by atoms with van der Waals surface area (Å²) in [4.78, 5) is 34.7. The van der Waals surface area contributed by atoms with Crippen molar-refractivity contribution in [3.8, 4) is 17.2 Å². The molecule has 0 radical (unpaired) electrons. The van der Waals surface area contributed by atoms with E-state index in [1.165, 1.54) is 40.4 Å². The highest BCUT2D eigenvalue weighted by molar-refractivity contribution is 6.34. The number of halogens is 1. The number of carbonyl (C=O) groups excluding carboxylic acids is 2. The van der Waals surface area contributed by atoms with Gasteiger partial charge in [0.05, 0.1) is 37.0 Å². The molecule has 32 heavy (non-hydrogen) atoms. The van der Waals surface area contributed by atoms with Gasteiger partial charge in [-0.3, -0.25) is 19.7 Å². The fourth-order valence-electron chi connectivity index (χ4n) is 2.79. The SMILES string of the molecule is COc1cc(CCC(=O)OC(C)C(=O)Nc2ccc([N+](=O)[O-])cc2Cl)cc(OC)c1OC. The van der Waals surface area contributed by atoms with Crippen LogP contribution < -0.4 is 19.5 Å². The van der Waals surface area contributed by atoms with E-state index in [0.29, 0.717) is 23.7 Å². The van der Waals surface area contributed by atoms with E-state index in [0.717, 1.165) is 11.6 Å². The molecule has 0 aromatic heterocycles. The highest BCUT2D eigenvalue weighted by atomic mass is 35.5. The van der Waals surface area contributed by atoms with Gasteiger partial charge < -0.3 is 24.3 Å². The van der Waals surface area contributed by atoms with Crippen LogP contribution in [0.1, 0.15) is 18.9 Å². The quantitative estimate of drug-likeness (QED) is 0.318. The van der Waals surface area contributed by atoms with Crippen LogP contribution in [0.3, 0.4) is 0 Å². The Morgan fingerprint density at radius 2 is 1.72 bits per heavy atom. The number of nitrogens with one attached hydrogen (secondary N) is 1. The second kappa shape index (κ2) is 11.2. The minimum absolute atomic E-state index is 0.00604. The number of non-ortho nitro benzene ring substituents is 1. The van der Waals surface area contributed by atoms with Gasteiger partial charge in [0.25, 0.3) is 11.6 Å². The average Bonchev–Trinajstić information content (AvgIpc) is 2.77. The van der Waals surface area contributed by atoms with E-state index in [2.05, 4.69) is 5.32 Å². The molecule has 0 bridgehead atoms. The monoisotopic (exact) mass is 466 g/mol. The van der Waals surface area contributed by atoms with Crippen LogP contribution in [0.2, 0.25) is 5.02 Å². The first kappa shape index (κ1) is 24.7. The lowest BCUT2D eigenvalue weighted by Gasteiger charge is -2.15. The first-order chi connectivity index (χ1) is 15.2. The topological polar surface area (TPSA) is 126 Å². The highest BCUT2D eigenvalue weighted by Crippen LogP contribution is 2.38. The number of nitrogens with zero attached hydrogens (tertiary/aromatic N) is 1. The molecule has 1 amide bonds. The number of methoxy groups -OCH3 is 3. The molecule has 0 aliphatic heterocycles. The fourth-order valence-corrected chi connectivity index (χ4v) is 3.01. The highest BCUT2D eigenvalue weighted by Gasteiger charge is 2.20. The van der Waals surface area contributed by atoms with Crippen molar-refractivity contribution in [2.75, 3.05) is 26.6 Å². The molecule has 1 unspecified atom stereocenters. The number of anilines is 1. The van der Waals surface area contributed by atoms with Gasteiger partial charge in [0, 0.05) is 18.6 Å². The van der Waals surface area contributed by atoms with Crippen molar-refractivity contribution in [2.45, 2.75) is 25.9 Å². The number of ether oxygens (including phenoxy) is 4. The van der Waals surface area contributed by atoms with Gasteiger partial charge in [-0.2, -0.15) is 0 Å². The molecule has 172 valence electrons. The summed E-state index contributed by atoms with van der Waals surface area (Å²) in [6.45, 7) is 1.41. The summed E-state index contributed by atoms with van der Waals surface area (Å²) in [6, 6.07) is 7.07. The summed E-state index contributed by atoms with van der Waals surface area (Å²) in [5.74, 6) is 0.153. The van der Waals surface area contributed by atoms with E-state index in [9.17, 15) is 19.7 Å². The Labute approximate surface area is 189 Å². The molecular weight excluding hydrogens is 444 g/mol. The fraction of sp³-hybridized carbons (Fsp3) is 0.333. The Balaban J connectivity index is 1.95. The number of benzene rings is 2. The molecule has 2 aromatic rings. The van der Waals surface area contributed by atoms with Crippen molar-refractivity contribution >= 4 is 34.9 Å². The van der Waals surface area contributed by atoms with Crippen LogP contribution in [-0.4, -0.2) is 44.2 Å². The standard InChI is InChI=1S/C21H23ClN2O8/c1-12(21(26)23-16-7-6-14(24(27)28)11-15(16)22)32-19(25)8-5-13-9-17(29-2)20(31-4)18(10-13)30-3/h6-7,9-12H,5,8H2,1-4H3,(H,23,26). The lowest BCUT2D eigenvalue weighted by atomic mass is 10.1. The van der Waals surface area contributed by atoms with Crippen LogP contribution in [0.4, 0.5) is 11.4 Å². The second-order valence-corrected chi connectivity index (χ2v) is 6.98. The molecule has 0 saturated carbocycles. The smallest absolute Gasteiger partial charge is 0.306 e. The maximum absolute atomic E-state index is 12.3.